The molecule has 78 valence electrons. The van der Waals surface area contributed by atoms with Gasteiger partial charge in [0.05, 0.1) is 0 Å². The number of hydrogen-bond acceptors (Lipinski definition) is 1. The molecule has 0 heterocycles. The van der Waals surface area contributed by atoms with Crippen LogP contribution in [0.1, 0.15) is 37.4 Å². The van der Waals surface area contributed by atoms with E-state index in [1.165, 1.54) is 12.1 Å². The van der Waals surface area contributed by atoms with Gasteiger partial charge in [0, 0.05) is 6.04 Å². The van der Waals surface area contributed by atoms with Crippen LogP contribution in [0, 0.1) is 18.7 Å². The van der Waals surface area contributed by atoms with Crippen LogP contribution in [-0.2, 0) is 0 Å². The fourth-order valence-corrected chi connectivity index (χ4v) is 1.69. The molecular formula is C12H18FN. The second kappa shape index (κ2) is 4.56. The van der Waals surface area contributed by atoms with Gasteiger partial charge < -0.3 is 5.73 Å². The summed E-state index contributed by atoms with van der Waals surface area (Å²) in [5, 5.41) is 0. The van der Waals surface area contributed by atoms with Crippen LogP contribution in [0.2, 0.25) is 0 Å². The zero-order valence-corrected chi connectivity index (χ0v) is 9.05. The summed E-state index contributed by atoms with van der Waals surface area (Å²) in [5.74, 6) is 0.373. The zero-order valence-electron chi connectivity index (χ0n) is 9.05. The maximum atomic E-state index is 12.8. The molecule has 1 aromatic carbocycles. The van der Waals surface area contributed by atoms with Crippen molar-refractivity contribution in [3.63, 3.8) is 0 Å². The van der Waals surface area contributed by atoms with Gasteiger partial charge >= 0.3 is 0 Å². The van der Waals surface area contributed by atoms with Crippen molar-refractivity contribution in [3.05, 3.63) is 35.1 Å². The molecule has 0 radical (unpaired) electrons. The maximum absolute atomic E-state index is 12.8. The topological polar surface area (TPSA) is 26.0 Å². The van der Waals surface area contributed by atoms with E-state index in [1.54, 1.807) is 6.07 Å². The summed E-state index contributed by atoms with van der Waals surface area (Å²) in [6.07, 6.45) is 0.937. The minimum Gasteiger partial charge on any atom is -0.324 e. The number of benzene rings is 1. The van der Waals surface area contributed by atoms with Crippen molar-refractivity contribution in [2.45, 2.75) is 33.2 Å². The number of aryl methyl sites for hydroxylation is 1. The molecule has 0 fully saturated rings. The van der Waals surface area contributed by atoms with Crippen LogP contribution in [0.4, 0.5) is 4.39 Å². The molecule has 0 amide bonds. The fraction of sp³-hybridized carbons (Fsp3) is 0.500. The van der Waals surface area contributed by atoms with E-state index in [9.17, 15) is 4.39 Å². The zero-order chi connectivity index (χ0) is 10.7. The Morgan fingerprint density at radius 2 is 2.00 bits per heavy atom. The highest BCUT2D eigenvalue weighted by Gasteiger charge is 2.10. The van der Waals surface area contributed by atoms with Gasteiger partial charge in [-0.2, -0.15) is 0 Å². The second-order valence-electron chi connectivity index (χ2n) is 4.24. The standard InChI is InChI=1S/C12H18FN/c1-8(2)6-12(14)11-5-4-10(13)7-9(11)3/h4-5,7-8,12H,6,14H2,1-3H3/t12-/m1/s1. The van der Waals surface area contributed by atoms with E-state index >= 15 is 0 Å². The lowest BCUT2D eigenvalue weighted by Crippen LogP contribution is -2.14. The van der Waals surface area contributed by atoms with Crippen LogP contribution < -0.4 is 5.73 Å². The number of rotatable bonds is 3. The molecule has 2 heteroatoms. The molecule has 0 aliphatic carbocycles. The number of nitrogens with two attached hydrogens (primary N) is 1. The number of halogens is 1. The van der Waals surface area contributed by atoms with Gasteiger partial charge in [0.1, 0.15) is 5.82 Å². The van der Waals surface area contributed by atoms with E-state index in [0.29, 0.717) is 5.92 Å². The van der Waals surface area contributed by atoms with Crippen LogP contribution >= 0.6 is 0 Å². The maximum Gasteiger partial charge on any atom is 0.123 e. The number of hydrogen-bond donors (Lipinski definition) is 1. The Balaban J connectivity index is 2.84. The Kier molecular flexibility index (Phi) is 3.64. The third-order valence-corrected chi connectivity index (χ3v) is 2.36. The van der Waals surface area contributed by atoms with E-state index in [2.05, 4.69) is 13.8 Å². The average Bonchev–Trinajstić information content (AvgIpc) is 2.01. The van der Waals surface area contributed by atoms with Crippen molar-refractivity contribution < 1.29 is 4.39 Å². The lowest BCUT2D eigenvalue weighted by Gasteiger charge is -2.16. The van der Waals surface area contributed by atoms with Crippen LogP contribution in [0.25, 0.3) is 0 Å². The van der Waals surface area contributed by atoms with E-state index in [1.807, 2.05) is 6.92 Å². The van der Waals surface area contributed by atoms with Crippen molar-refractivity contribution in [1.29, 1.82) is 0 Å². The predicted octanol–water partition coefficient (Wildman–Crippen LogP) is 3.18. The van der Waals surface area contributed by atoms with Gasteiger partial charge in [-0.25, -0.2) is 4.39 Å². The van der Waals surface area contributed by atoms with Gasteiger partial charge in [-0.05, 0) is 42.5 Å². The molecule has 1 aromatic rings. The molecule has 0 aliphatic heterocycles. The summed E-state index contributed by atoms with van der Waals surface area (Å²) >= 11 is 0. The largest absolute Gasteiger partial charge is 0.324 e. The Morgan fingerprint density at radius 3 is 2.50 bits per heavy atom. The molecule has 1 nitrogen and oxygen atoms in total. The van der Waals surface area contributed by atoms with Crippen molar-refractivity contribution in [3.8, 4) is 0 Å². The first kappa shape index (κ1) is 11.2. The van der Waals surface area contributed by atoms with Gasteiger partial charge in [-0.3, -0.25) is 0 Å². The molecule has 1 atom stereocenters. The minimum atomic E-state index is -0.192. The Hall–Kier alpha value is -0.890. The first-order valence-electron chi connectivity index (χ1n) is 5.02. The highest BCUT2D eigenvalue weighted by Crippen LogP contribution is 2.22. The molecule has 0 unspecified atom stereocenters. The SMILES string of the molecule is Cc1cc(F)ccc1[C@H](N)CC(C)C. The van der Waals surface area contributed by atoms with Crippen molar-refractivity contribution in [1.82, 2.24) is 0 Å². The summed E-state index contributed by atoms with van der Waals surface area (Å²) in [7, 11) is 0. The Bertz CT molecular complexity index is 307. The first-order chi connectivity index (χ1) is 6.50. The van der Waals surface area contributed by atoms with Gasteiger partial charge in [-0.1, -0.05) is 19.9 Å². The predicted molar refractivity (Wildman–Crippen MR) is 57.5 cm³/mol. The quantitative estimate of drug-likeness (QED) is 0.787. The minimum absolute atomic E-state index is 0.0237. The summed E-state index contributed by atoms with van der Waals surface area (Å²) < 4.78 is 12.8. The molecule has 2 N–H and O–H groups in total. The summed E-state index contributed by atoms with van der Waals surface area (Å²) in [5.41, 5.74) is 8.02. The third kappa shape index (κ3) is 2.81. The fourth-order valence-electron chi connectivity index (χ4n) is 1.69. The highest BCUT2D eigenvalue weighted by molar-refractivity contribution is 5.29. The molecule has 0 aliphatic rings. The van der Waals surface area contributed by atoms with Crippen LogP contribution in [-0.4, -0.2) is 0 Å². The van der Waals surface area contributed by atoms with E-state index in [4.69, 9.17) is 5.73 Å². The van der Waals surface area contributed by atoms with Gasteiger partial charge in [-0.15, -0.1) is 0 Å². The molecular weight excluding hydrogens is 177 g/mol. The molecule has 0 saturated heterocycles. The molecule has 0 bridgehead atoms. The van der Waals surface area contributed by atoms with Gasteiger partial charge in [0.25, 0.3) is 0 Å². The molecule has 0 aromatic heterocycles. The lowest BCUT2D eigenvalue weighted by atomic mass is 9.95. The van der Waals surface area contributed by atoms with Crippen LogP contribution in [0.3, 0.4) is 0 Å². The monoisotopic (exact) mass is 195 g/mol. The van der Waals surface area contributed by atoms with Gasteiger partial charge in [0.2, 0.25) is 0 Å². The molecule has 0 saturated carbocycles. The van der Waals surface area contributed by atoms with E-state index in [0.717, 1.165) is 17.5 Å². The summed E-state index contributed by atoms with van der Waals surface area (Å²) in [6, 6.07) is 4.83. The molecule has 0 spiro atoms. The smallest absolute Gasteiger partial charge is 0.123 e. The third-order valence-electron chi connectivity index (χ3n) is 2.36. The lowest BCUT2D eigenvalue weighted by molar-refractivity contribution is 0.507. The summed E-state index contributed by atoms with van der Waals surface area (Å²) in [4.78, 5) is 0. The highest BCUT2D eigenvalue weighted by atomic mass is 19.1. The van der Waals surface area contributed by atoms with Crippen molar-refractivity contribution in [2.75, 3.05) is 0 Å². The van der Waals surface area contributed by atoms with Gasteiger partial charge in [0.15, 0.2) is 0 Å². The Morgan fingerprint density at radius 1 is 1.36 bits per heavy atom. The molecule has 14 heavy (non-hydrogen) atoms. The normalized spacial score (nSPS) is 13.3. The van der Waals surface area contributed by atoms with E-state index < -0.39 is 0 Å². The first-order valence-corrected chi connectivity index (χ1v) is 5.02. The van der Waals surface area contributed by atoms with Crippen LogP contribution in [0.5, 0.6) is 0 Å². The van der Waals surface area contributed by atoms with Crippen LogP contribution in [0.15, 0.2) is 18.2 Å². The average molecular weight is 195 g/mol. The summed E-state index contributed by atoms with van der Waals surface area (Å²) in [6.45, 7) is 6.18. The van der Waals surface area contributed by atoms with Crippen molar-refractivity contribution in [2.24, 2.45) is 11.7 Å². The second-order valence-corrected chi connectivity index (χ2v) is 4.24. The molecule has 1 rings (SSSR count). The Labute approximate surface area is 85.1 Å². The van der Waals surface area contributed by atoms with Crippen molar-refractivity contribution >= 4 is 0 Å². The van der Waals surface area contributed by atoms with E-state index in [-0.39, 0.29) is 11.9 Å².